The smallest absolute Gasteiger partial charge is 0.322 e. The van der Waals surface area contributed by atoms with Gasteiger partial charge in [0.2, 0.25) is 0 Å². The van der Waals surface area contributed by atoms with Crippen LogP contribution in [-0.2, 0) is 0 Å². The van der Waals surface area contributed by atoms with Gasteiger partial charge in [-0.25, -0.2) is 9.97 Å². The third-order valence-electron chi connectivity index (χ3n) is 3.38. The monoisotopic (exact) mass is 445 g/mol. The third-order valence-corrected chi connectivity index (χ3v) is 4.32. The van der Waals surface area contributed by atoms with Crippen LogP contribution in [0, 0.1) is 17.4 Å². The van der Waals surface area contributed by atoms with Crippen LogP contribution in [0.2, 0.25) is 0 Å². The van der Waals surface area contributed by atoms with E-state index in [1.165, 1.54) is 0 Å². The van der Waals surface area contributed by atoms with E-state index in [1.807, 2.05) is 50.2 Å². The first-order valence-corrected chi connectivity index (χ1v) is 8.75. The lowest BCUT2D eigenvalue weighted by atomic mass is 10.2. The fourth-order valence-electron chi connectivity index (χ4n) is 2.33. The normalized spacial score (nSPS) is 10.4. The molecular weight excluding hydrogens is 429 g/mol. The van der Waals surface area contributed by atoms with Gasteiger partial charge in [-0.15, -0.1) is 0 Å². The summed E-state index contributed by atoms with van der Waals surface area (Å²) >= 11 is 2.14. The van der Waals surface area contributed by atoms with E-state index < -0.39 is 0 Å². The molecule has 0 aliphatic carbocycles. The summed E-state index contributed by atoms with van der Waals surface area (Å²) in [7, 11) is 0. The minimum absolute atomic E-state index is 0.162. The second-order valence-electron chi connectivity index (χ2n) is 5.50. The van der Waals surface area contributed by atoms with Gasteiger partial charge in [0.25, 0.3) is 5.91 Å². The lowest BCUT2D eigenvalue weighted by molar-refractivity contribution is 0.102. The number of carbonyl (C=O) groups excluding carboxylic acids is 1. The van der Waals surface area contributed by atoms with Gasteiger partial charge in [-0.3, -0.25) is 4.79 Å². The Kier molecular flexibility index (Phi) is 5.28. The van der Waals surface area contributed by atoms with Crippen molar-refractivity contribution < 1.29 is 9.53 Å². The number of aryl methyl sites for hydroxylation is 2. The zero-order chi connectivity index (χ0) is 17.8. The number of anilines is 1. The highest BCUT2D eigenvalue weighted by Crippen LogP contribution is 2.23. The summed E-state index contributed by atoms with van der Waals surface area (Å²) in [5.74, 6) is 0.398. The number of hydrogen-bond donors (Lipinski definition) is 1. The molecule has 5 nitrogen and oxygen atoms in total. The molecule has 1 aromatic heterocycles. The summed E-state index contributed by atoms with van der Waals surface area (Å²) in [6.07, 6.45) is 0. The summed E-state index contributed by atoms with van der Waals surface area (Å²) in [4.78, 5) is 20.9. The minimum Gasteiger partial charge on any atom is -0.424 e. The Morgan fingerprint density at radius 1 is 1.00 bits per heavy atom. The molecule has 3 rings (SSSR count). The molecule has 2 aromatic carbocycles. The Morgan fingerprint density at radius 2 is 1.72 bits per heavy atom. The Balaban J connectivity index is 1.77. The van der Waals surface area contributed by atoms with Crippen LogP contribution in [0.5, 0.6) is 11.8 Å². The standard InChI is InChI=1S/C19H16IN3O2/c1-12-10-13(2)22-19(21-12)25-15-7-5-6-14(11-15)23-18(24)16-8-3-4-9-17(16)20/h3-11H,1-2H3,(H,23,24). The maximum absolute atomic E-state index is 12.4. The van der Waals surface area contributed by atoms with Crippen molar-refractivity contribution in [3.05, 3.63) is 75.1 Å². The van der Waals surface area contributed by atoms with Crippen molar-refractivity contribution in [2.45, 2.75) is 13.8 Å². The second kappa shape index (κ2) is 7.60. The van der Waals surface area contributed by atoms with Gasteiger partial charge in [0.15, 0.2) is 0 Å². The summed E-state index contributed by atoms with van der Waals surface area (Å²) < 4.78 is 6.61. The van der Waals surface area contributed by atoms with Crippen LogP contribution < -0.4 is 10.1 Å². The molecule has 0 spiro atoms. The highest BCUT2D eigenvalue weighted by Gasteiger charge is 2.10. The van der Waals surface area contributed by atoms with Crippen molar-refractivity contribution in [1.82, 2.24) is 9.97 Å². The zero-order valence-electron chi connectivity index (χ0n) is 13.8. The van der Waals surface area contributed by atoms with Crippen LogP contribution in [-0.4, -0.2) is 15.9 Å². The van der Waals surface area contributed by atoms with Gasteiger partial charge in [0.05, 0.1) is 5.56 Å². The topological polar surface area (TPSA) is 64.1 Å². The minimum atomic E-state index is -0.162. The van der Waals surface area contributed by atoms with Crippen molar-refractivity contribution >= 4 is 34.2 Å². The van der Waals surface area contributed by atoms with Crippen molar-refractivity contribution in [3.63, 3.8) is 0 Å². The molecule has 0 bridgehead atoms. The van der Waals surface area contributed by atoms with E-state index in [1.54, 1.807) is 18.2 Å². The zero-order valence-corrected chi connectivity index (χ0v) is 15.9. The van der Waals surface area contributed by atoms with Crippen LogP contribution in [0.25, 0.3) is 0 Å². The molecule has 1 heterocycles. The maximum Gasteiger partial charge on any atom is 0.322 e. The van der Waals surface area contributed by atoms with Gasteiger partial charge in [0.1, 0.15) is 5.75 Å². The van der Waals surface area contributed by atoms with Gasteiger partial charge in [0, 0.05) is 26.7 Å². The van der Waals surface area contributed by atoms with Gasteiger partial charge in [-0.1, -0.05) is 18.2 Å². The number of nitrogens with zero attached hydrogens (tertiary/aromatic N) is 2. The lowest BCUT2D eigenvalue weighted by Crippen LogP contribution is -2.13. The van der Waals surface area contributed by atoms with E-state index in [0.717, 1.165) is 15.0 Å². The Labute approximate surface area is 159 Å². The Morgan fingerprint density at radius 3 is 2.44 bits per heavy atom. The maximum atomic E-state index is 12.4. The molecule has 0 aliphatic heterocycles. The van der Waals surface area contributed by atoms with Gasteiger partial charge < -0.3 is 10.1 Å². The molecule has 126 valence electrons. The first kappa shape index (κ1) is 17.3. The van der Waals surface area contributed by atoms with Crippen LogP contribution >= 0.6 is 22.6 Å². The number of ether oxygens (including phenoxy) is 1. The summed E-state index contributed by atoms with van der Waals surface area (Å²) in [6, 6.07) is 16.8. The average Bonchev–Trinajstić information content (AvgIpc) is 2.54. The molecule has 0 radical (unpaired) electrons. The molecule has 0 aliphatic rings. The van der Waals surface area contributed by atoms with Gasteiger partial charge in [-0.2, -0.15) is 0 Å². The first-order valence-electron chi connectivity index (χ1n) is 7.67. The molecular formula is C19H16IN3O2. The fraction of sp³-hybridized carbons (Fsp3) is 0.105. The van der Waals surface area contributed by atoms with Gasteiger partial charge in [-0.05, 0) is 66.8 Å². The van der Waals surface area contributed by atoms with Crippen LogP contribution in [0.3, 0.4) is 0 Å². The third kappa shape index (κ3) is 4.54. The molecule has 25 heavy (non-hydrogen) atoms. The van der Waals surface area contributed by atoms with Crippen molar-refractivity contribution in [1.29, 1.82) is 0 Å². The summed E-state index contributed by atoms with van der Waals surface area (Å²) in [5, 5.41) is 2.88. The summed E-state index contributed by atoms with van der Waals surface area (Å²) in [6.45, 7) is 3.78. The number of rotatable bonds is 4. The Hall–Kier alpha value is -2.48. The van der Waals surface area contributed by atoms with Crippen LogP contribution in [0.15, 0.2) is 54.6 Å². The second-order valence-corrected chi connectivity index (χ2v) is 6.66. The molecule has 1 amide bonds. The number of aromatic nitrogens is 2. The predicted octanol–water partition coefficient (Wildman–Crippen LogP) is 4.74. The van der Waals surface area contributed by atoms with Crippen molar-refractivity contribution in [2.75, 3.05) is 5.32 Å². The number of amides is 1. The van der Waals surface area contributed by atoms with Crippen molar-refractivity contribution in [3.8, 4) is 11.8 Å². The molecule has 0 atom stereocenters. The number of hydrogen-bond acceptors (Lipinski definition) is 4. The number of carbonyl (C=O) groups is 1. The predicted molar refractivity (Wildman–Crippen MR) is 105 cm³/mol. The molecule has 3 aromatic rings. The van der Waals surface area contributed by atoms with E-state index in [0.29, 0.717) is 23.0 Å². The van der Waals surface area contributed by atoms with Crippen molar-refractivity contribution in [2.24, 2.45) is 0 Å². The highest BCUT2D eigenvalue weighted by atomic mass is 127. The molecule has 6 heteroatoms. The largest absolute Gasteiger partial charge is 0.424 e. The van der Waals surface area contributed by atoms with E-state index in [9.17, 15) is 4.79 Å². The lowest BCUT2D eigenvalue weighted by Gasteiger charge is -2.09. The first-order chi connectivity index (χ1) is 12.0. The summed E-state index contributed by atoms with van der Waals surface area (Å²) in [5.41, 5.74) is 2.95. The quantitative estimate of drug-likeness (QED) is 0.590. The molecule has 0 fully saturated rings. The van der Waals surface area contributed by atoms with Gasteiger partial charge >= 0.3 is 6.01 Å². The van der Waals surface area contributed by atoms with E-state index >= 15 is 0 Å². The molecule has 1 N–H and O–H groups in total. The fourth-order valence-corrected chi connectivity index (χ4v) is 2.96. The van der Waals surface area contributed by atoms with E-state index in [-0.39, 0.29) is 5.91 Å². The number of nitrogens with one attached hydrogen (secondary N) is 1. The SMILES string of the molecule is Cc1cc(C)nc(Oc2cccc(NC(=O)c3ccccc3I)c2)n1. The van der Waals surface area contributed by atoms with E-state index in [2.05, 4.69) is 37.9 Å². The number of halogens is 1. The Bertz CT molecular complexity index is 908. The van der Waals surface area contributed by atoms with E-state index in [4.69, 9.17) is 4.74 Å². The molecule has 0 saturated heterocycles. The molecule has 0 unspecified atom stereocenters. The van der Waals surface area contributed by atoms with Crippen LogP contribution in [0.1, 0.15) is 21.7 Å². The highest BCUT2D eigenvalue weighted by molar-refractivity contribution is 14.1. The van der Waals surface area contributed by atoms with Crippen LogP contribution in [0.4, 0.5) is 5.69 Å². The molecule has 0 saturated carbocycles. The average molecular weight is 445 g/mol. The number of benzene rings is 2.